The second-order valence-electron chi connectivity index (χ2n) is 6.06. The van der Waals surface area contributed by atoms with Crippen LogP contribution >= 0.6 is 11.3 Å². The van der Waals surface area contributed by atoms with E-state index in [4.69, 9.17) is 0 Å². The van der Waals surface area contributed by atoms with Crippen LogP contribution in [0, 0.1) is 0 Å². The molecule has 26 heavy (non-hydrogen) atoms. The first-order valence-electron chi connectivity index (χ1n) is 8.08. The lowest BCUT2D eigenvalue weighted by Crippen LogP contribution is -2.49. The number of fused-ring (bicyclic) bond motifs is 1. The highest BCUT2D eigenvalue weighted by Gasteiger charge is 2.21. The molecule has 0 saturated carbocycles. The maximum Gasteiger partial charge on any atom is 0.341 e. The Kier molecular flexibility index (Phi) is 4.13. The molecule has 4 rings (SSSR count). The Labute approximate surface area is 152 Å². The van der Waals surface area contributed by atoms with E-state index >= 15 is 0 Å². The molecule has 0 aliphatic carbocycles. The number of hydrogen-bond donors (Lipinski definition) is 2. The standard InChI is InChI=1S/C16H16N6O3S/c1-9-7-21(4-2-17-9)11-6-19-12-13(23)10(15(24)25)8-22(14(12)20-11)16-18-3-5-26-16/h3,5-6,8-9,17H,2,4,7H2,1H3,(H,24,25)/t9-/m1/s1. The van der Waals surface area contributed by atoms with E-state index in [0.29, 0.717) is 22.6 Å². The number of aromatic carboxylic acids is 1. The van der Waals surface area contributed by atoms with Gasteiger partial charge in [0.25, 0.3) is 0 Å². The molecule has 1 atom stereocenters. The molecular weight excluding hydrogens is 356 g/mol. The average molecular weight is 372 g/mol. The van der Waals surface area contributed by atoms with E-state index in [-0.39, 0.29) is 11.1 Å². The van der Waals surface area contributed by atoms with Gasteiger partial charge in [-0.1, -0.05) is 0 Å². The molecule has 4 heterocycles. The molecule has 9 nitrogen and oxygen atoms in total. The molecule has 0 radical (unpaired) electrons. The van der Waals surface area contributed by atoms with Crippen LogP contribution in [-0.4, -0.2) is 56.3 Å². The van der Waals surface area contributed by atoms with Crippen molar-refractivity contribution in [3.05, 3.63) is 39.8 Å². The highest BCUT2D eigenvalue weighted by molar-refractivity contribution is 7.12. The Balaban J connectivity index is 1.94. The topological polar surface area (TPSA) is 113 Å². The minimum atomic E-state index is -1.30. The molecule has 0 bridgehead atoms. The number of carbonyl (C=O) groups is 1. The number of hydrogen-bond acceptors (Lipinski definition) is 8. The molecule has 1 aliphatic rings. The molecule has 1 aliphatic heterocycles. The lowest BCUT2D eigenvalue weighted by atomic mass is 10.2. The molecule has 0 unspecified atom stereocenters. The van der Waals surface area contributed by atoms with E-state index in [0.717, 1.165) is 19.6 Å². The van der Waals surface area contributed by atoms with Crippen LogP contribution in [0.5, 0.6) is 0 Å². The lowest BCUT2D eigenvalue weighted by Gasteiger charge is -2.32. The van der Waals surface area contributed by atoms with Crippen molar-refractivity contribution >= 4 is 34.3 Å². The number of thiazole rings is 1. The molecule has 0 aromatic carbocycles. The summed E-state index contributed by atoms with van der Waals surface area (Å²) in [4.78, 5) is 39.1. The normalized spacial score (nSPS) is 17.6. The number of pyridine rings is 1. The van der Waals surface area contributed by atoms with Gasteiger partial charge in [0.15, 0.2) is 16.3 Å². The van der Waals surface area contributed by atoms with Crippen LogP contribution in [0.15, 0.2) is 28.8 Å². The summed E-state index contributed by atoms with van der Waals surface area (Å²) in [5.74, 6) is -0.650. The van der Waals surface area contributed by atoms with Crippen molar-refractivity contribution in [1.82, 2.24) is 24.8 Å². The Morgan fingerprint density at radius 3 is 2.96 bits per heavy atom. The quantitative estimate of drug-likeness (QED) is 0.692. The van der Waals surface area contributed by atoms with E-state index in [1.54, 1.807) is 11.6 Å². The summed E-state index contributed by atoms with van der Waals surface area (Å²) >= 11 is 1.32. The third-order valence-corrected chi connectivity index (χ3v) is 5.01. The third-order valence-electron chi connectivity index (χ3n) is 4.24. The maximum atomic E-state index is 12.5. The summed E-state index contributed by atoms with van der Waals surface area (Å²) in [7, 11) is 0. The van der Waals surface area contributed by atoms with Gasteiger partial charge in [0.2, 0.25) is 5.43 Å². The number of aromatic nitrogens is 4. The van der Waals surface area contributed by atoms with Gasteiger partial charge in [0, 0.05) is 43.4 Å². The first-order chi connectivity index (χ1) is 12.5. The molecular formula is C16H16N6O3S. The number of anilines is 1. The van der Waals surface area contributed by atoms with Gasteiger partial charge >= 0.3 is 5.97 Å². The number of carboxylic acid groups (broad SMARTS) is 1. The number of nitrogens with one attached hydrogen (secondary N) is 1. The minimum Gasteiger partial charge on any atom is -0.477 e. The van der Waals surface area contributed by atoms with Crippen LogP contribution in [-0.2, 0) is 0 Å². The van der Waals surface area contributed by atoms with Gasteiger partial charge in [0.05, 0.1) is 6.20 Å². The van der Waals surface area contributed by atoms with Crippen molar-refractivity contribution in [2.45, 2.75) is 13.0 Å². The van der Waals surface area contributed by atoms with Crippen LogP contribution in [0.2, 0.25) is 0 Å². The van der Waals surface area contributed by atoms with Crippen molar-refractivity contribution in [2.24, 2.45) is 0 Å². The highest BCUT2D eigenvalue weighted by atomic mass is 32.1. The van der Waals surface area contributed by atoms with Crippen molar-refractivity contribution in [1.29, 1.82) is 0 Å². The van der Waals surface area contributed by atoms with Gasteiger partial charge in [0.1, 0.15) is 11.4 Å². The monoisotopic (exact) mass is 372 g/mol. The predicted molar refractivity (Wildman–Crippen MR) is 97.4 cm³/mol. The Hall–Kier alpha value is -2.85. The zero-order valence-electron chi connectivity index (χ0n) is 13.9. The number of carboxylic acids is 1. The molecule has 134 valence electrons. The maximum absolute atomic E-state index is 12.5. The summed E-state index contributed by atoms with van der Waals surface area (Å²) in [6, 6.07) is 0.316. The second-order valence-corrected chi connectivity index (χ2v) is 6.94. The van der Waals surface area contributed by atoms with Gasteiger partial charge < -0.3 is 15.3 Å². The SMILES string of the molecule is C[C@@H]1CN(c2cnc3c(=O)c(C(=O)O)cn(-c4nccs4)c3n2)CCN1. The largest absolute Gasteiger partial charge is 0.477 e. The van der Waals surface area contributed by atoms with Gasteiger partial charge in [-0.15, -0.1) is 11.3 Å². The number of rotatable bonds is 3. The molecule has 0 amide bonds. The summed E-state index contributed by atoms with van der Waals surface area (Å²) in [5, 5.41) is 15.0. The van der Waals surface area contributed by atoms with E-state index in [1.807, 2.05) is 0 Å². The van der Waals surface area contributed by atoms with Crippen molar-refractivity contribution in [3.63, 3.8) is 0 Å². The van der Waals surface area contributed by atoms with Crippen molar-refractivity contribution < 1.29 is 9.90 Å². The van der Waals surface area contributed by atoms with Crippen LogP contribution in [0.25, 0.3) is 16.3 Å². The van der Waals surface area contributed by atoms with Gasteiger partial charge in [-0.05, 0) is 6.92 Å². The molecule has 10 heteroatoms. The van der Waals surface area contributed by atoms with Crippen LogP contribution in [0.1, 0.15) is 17.3 Å². The predicted octanol–water partition coefficient (Wildman–Crippen LogP) is 0.734. The Bertz CT molecular complexity index is 1030. The molecule has 3 aromatic rings. The van der Waals surface area contributed by atoms with Crippen LogP contribution in [0.3, 0.4) is 0 Å². The first kappa shape index (κ1) is 16.6. The van der Waals surface area contributed by atoms with Gasteiger partial charge in [-0.3, -0.25) is 9.36 Å². The Morgan fingerprint density at radius 1 is 1.42 bits per heavy atom. The fourth-order valence-electron chi connectivity index (χ4n) is 3.00. The highest BCUT2D eigenvalue weighted by Crippen LogP contribution is 2.20. The number of nitrogens with zero attached hydrogens (tertiary/aromatic N) is 5. The van der Waals surface area contributed by atoms with E-state index in [2.05, 4.69) is 32.1 Å². The van der Waals surface area contributed by atoms with Gasteiger partial charge in [-0.25, -0.2) is 19.7 Å². The third kappa shape index (κ3) is 2.82. The average Bonchev–Trinajstić information content (AvgIpc) is 3.16. The zero-order valence-corrected chi connectivity index (χ0v) is 14.7. The fourth-order valence-corrected chi connectivity index (χ4v) is 3.62. The van der Waals surface area contributed by atoms with Gasteiger partial charge in [-0.2, -0.15) is 0 Å². The second kappa shape index (κ2) is 6.46. The molecule has 0 spiro atoms. The number of piperazine rings is 1. The minimum absolute atomic E-state index is 0.0204. The van der Waals surface area contributed by atoms with Crippen molar-refractivity contribution in [2.75, 3.05) is 24.5 Å². The smallest absolute Gasteiger partial charge is 0.341 e. The summed E-state index contributed by atoms with van der Waals surface area (Å²) in [6.07, 6.45) is 4.41. The Morgan fingerprint density at radius 2 is 2.27 bits per heavy atom. The zero-order chi connectivity index (χ0) is 18.3. The van der Waals surface area contributed by atoms with E-state index in [1.165, 1.54) is 28.3 Å². The van der Waals surface area contributed by atoms with E-state index in [9.17, 15) is 14.7 Å². The summed E-state index contributed by atoms with van der Waals surface area (Å²) in [5.41, 5.74) is -0.677. The first-order valence-corrected chi connectivity index (χ1v) is 8.96. The molecule has 1 saturated heterocycles. The molecule has 3 aromatic heterocycles. The van der Waals surface area contributed by atoms with Crippen LogP contribution < -0.4 is 15.6 Å². The van der Waals surface area contributed by atoms with E-state index < -0.39 is 11.4 Å². The molecule has 1 fully saturated rings. The van der Waals surface area contributed by atoms with Crippen molar-refractivity contribution in [3.8, 4) is 5.13 Å². The fraction of sp³-hybridized carbons (Fsp3) is 0.312. The van der Waals surface area contributed by atoms with Crippen LogP contribution in [0.4, 0.5) is 5.82 Å². The molecule has 2 N–H and O–H groups in total. The summed E-state index contributed by atoms with van der Waals surface area (Å²) < 4.78 is 1.52. The summed E-state index contributed by atoms with van der Waals surface area (Å²) in [6.45, 7) is 4.47. The lowest BCUT2D eigenvalue weighted by molar-refractivity contribution is 0.0695.